The fraction of sp³-hybridized carbons (Fsp3) is 0.381. The number of anilines is 1. The van der Waals surface area contributed by atoms with Crippen LogP contribution in [0.25, 0.3) is 22.1 Å². The minimum Gasteiger partial charge on any atom is -0.459 e. The highest BCUT2D eigenvalue weighted by atomic mass is 16.3. The van der Waals surface area contributed by atoms with Crippen LogP contribution in [-0.4, -0.2) is 44.7 Å². The third-order valence-corrected chi connectivity index (χ3v) is 5.14. The smallest absolute Gasteiger partial charge is 0.261 e. The molecule has 1 atom stereocenters. The normalized spacial score (nSPS) is 17.6. The molecule has 0 saturated carbocycles. The molecule has 3 aromatic heterocycles. The van der Waals surface area contributed by atoms with Crippen LogP contribution in [-0.2, 0) is 18.4 Å². The molecule has 29 heavy (non-hydrogen) atoms. The summed E-state index contributed by atoms with van der Waals surface area (Å²) in [4.78, 5) is 30.3. The first-order valence-corrected chi connectivity index (χ1v) is 9.67. The van der Waals surface area contributed by atoms with Crippen molar-refractivity contribution in [3.8, 4) is 11.1 Å². The lowest BCUT2D eigenvalue weighted by Gasteiger charge is -2.29. The Labute approximate surface area is 167 Å². The third-order valence-electron chi connectivity index (χ3n) is 5.14. The van der Waals surface area contributed by atoms with Gasteiger partial charge in [0.1, 0.15) is 17.2 Å². The van der Waals surface area contributed by atoms with Crippen LogP contribution in [0.4, 0.5) is 5.82 Å². The molecular formula is C21H24N4O4. The van der Waals surface area contributed by atoms with E-state index in [-0.39, 0.29) is 17.6 Å². The summed E-state index contributed by atoms with van der Waals surface area (Å²) in [6.45, 7) is 3.46. The summed E-state index contributed by atoms with van der Waals surface area (Å²) >= 11 is 0. The van der Waals surface area contributed by atoms with Crippen molar-refractivity contribution in [1.29, 1.82) is 0 Å². The summed E-state index contributed by atoms with van der Waals surface area (Å²) in [6.07, 6.45) is 4.78. The molecule has 0 aromatic carbocycles. The number of furan rings is 1. The zero-order valence-corrected chi connectivity index (χ0v) is 16.5. The van der Waals surface area contributed by atoms with Crippen LogP contribution in [0.2, 0.25) is 0 Å². The van der Waals surface area contributed by atoms with E-state index >= 15 is 0 Å². The van der Waals surface area contributed by atoms with E-state index in [2.05, 4.69) is 15.2 Å². The van der Waals surface area contributed by atoms with Crippen LogP contribution in [0.3, 0.4) is 0 Å². The van der Waals surface area contributed by atoms with Gasteiger partial charge in [0.05, 0.1) is 18.0 Å². The highest BCUT2D eigenvalue weighted by Gasteiger charge is 2.21. The van der Waals surface area contributed by atoms with E-state index in [9.17, 15) is 14.7 Å². The Hall–Kier alpha value is -2.97. The molecule has 0 spiro atoms. The molecule has 1 saturated heterocycles. The Kier molecular flexibility index (Phi) is 5.21. The Morgan fingerprint density at radius 2 is 2.24 bits per heavy atom. The summed E-state index contributed by atoms with van der Waals surface area (Å²) in [5.74, 6) is 0.921. The first-order valence-electron chi connectivity index (χ1n) is 9.67. The standard InChI is InChI=1S/C21H24N4O4/c1-13(26)23-19-8-14(5-6-22-19)18-12-24(2)21(28)17-9-16(29-20(17)18)11-25-7-3-4-15(27)10-25/h5-6,8-9,12,15,27H,3-4,7,10-11H2,1-2H3,(H,22,23,26)/t15-/m0/s1. The number of nitrogens with one attached hydrogen (secondary N) is 1. The van der Waals surface area contributed by atoms with Crippen LogP contribution in [0.1, 0.15) is 25.5 Å². The lowest BCUT2D eigenvalue weighted by Crippen LogP contribution is -2.37. The van der Waals surface area contributed by atoms with E-state index in [0.29, 0.717) is 35.6 Å². The molecule has 0 bridgehead atoms. The molecule has 8 nitrogen and oxygen atoms in total. The summed E-state index contributed by atoms with van der Waals surface area (Å²) in [6, 6.07) is 5.36. The number of carbonyl (C=O) groups is 1. The molecule has 152 valence electrons. The van der Waals surface area contributed by atoms with E-state index in [4.69, 9.17) is 4.42 Å². The average molecular weight is 396 g/mol. The summed E-state index contributed by atoms with van der Waals surface area (Å²) in [7, 11) is 1.70. The minimum absolute atomic E-state index is 0.131. The van der Waals surface area contributed by atoms with Crippen LogP contribution in [0, 0.1) is 0 Å². The van der Waals surface area contributed by atoms with Crippen LogP contribution in [0.5, 0.6) is 0 Å². The van der Waals surface area contributed by atoms with Crippen molar-refractivity contribution in [3.63, 3.8) is 0 Å². The maximum absolute atomic E-state index is 12.7. The maximum Gasteiger partial charge on any atom is 0.261 e. The van der Waals surface area contributed by atoms with Gasteiger partial charge in [0.15, 0.2) is 0 Å². The van der Waals surface area contributed by atoms with E-state index in [0.717, 1.165) is 30.5 Å². The number of carbonyl (C=O) groups excluding carboxylic acids is 1. The van der Waals surface area contributed by atoms with Gasteiger partial charge < -0.3 is 19.4 Å². The highest BCUT2D eigenvalue weighted by Crippen LogP contribution is 2.30. The van der Waals surface area contributed by atoms with Gasteiger partial charge in [-0.15, -0.1) is 0 Å². The monoisotopic (exact) mass is 396 g/mol. The number of aromatic nitrogens is 2. The van der Waals surface area contributed by atoms with Gasteiger partial charge in [-0.25, -0.2) is 4.98 Å². The van der Waals surface area contributed by atoms with Crippen LogP contribution >= 0.6 is 0 Å². The summed E-state index contributed by atoms with van der Waals surface area (Å²) < 4.78 is 7.63. The number of nitrogens with zero attached hydrogens (tertiary/aromatic N) is 3. The van der Waals surface area contributed by atoms with Gasteiger partial charge in [0.2, 0.25) is 5.91 Å². The number of piperidine rings is 1. The van der Waals surface area contributed by atoms with Crippen molar-refractivity contribution in [1.82, 2.24) is 14.5 Å². The van der Waals surface area contributed by atoms with Crippen molar-refractivity contribution in [3.05, 3.63) is 46.7 Å². The number of aliphatic hydroxyl groups is 1. The second kappa shape index (κ2) is 7.81. The van der Waals surface area contributed by atoms with E-state index in [1.807, 2.05) is 6.07 Å². The number of amides is 1. The quantitative estimate of drug-likeness (QED) is 0.701. The van der Waals surface area contributed by atoms with Gasteiger partial charge in [0, 0.05) is 38.5 Å². The summed E-state index contributed by atoms with van der Waals surface area (Å²) in [5.41, 5.74) is 1.92. The molecule has 1 amide bonds. The number of aliphatic hydroxyl groups excluding tert-OH is 1. The molecule has 1 aliphatic rings. The lowest BCUT2D eigenvalue weighted by molar-refractivity contribution is -0.114. The Morgan fingerprint density at radius 1 is 1.41 bits per heavy atom. The topological polar surface area (TPSA) is 101 Å². The largest absolute Gasteiger partial charge is 0.459 e. The fourth-order valence-corrected chi connectivity index (χ4v) is 3.83. The molecule has 0 unspecified atom stereocenters. The second-order valence-electron chi connectivity index (χ2n) is 7.56. The second-order valence-corrected chi connectivity index (χ2v) is 7.56. The van der Waals surface area contributed by atoms with E-state index in [1.54, 1.807) is 31.6 Å². The van der Waals surface area contributed by atoms with Crippen molar-refractivity contribution in [2.24, 2.45) is 7.05 Å². The van der Waals surface area contributed by atoms with Crippen molar-refractivity contribution in [2.75, 3.05) is 18.4 Å². The Morgan fingerprint density at radius 3 is 3.00 bits per heavy atom. The molecule has 0 radical (unpaired) electrons. The molecular weight excluding hydrogens is 372 g/mol. The van der Waals surface area contributed by atoms with Gasteiger partial charge in [-0.05, 0) is 43.1 Å². The van der Waals surface area contributed by atoms with Gasteiger partial charge >= 0.3 is 0 Å². The van der Waals surface area contributed by atoms with Gasteiger partial charge in [-0.3, -0.25) is 14.5 Å². The van der Waals surface area contributed by atoms with Gasteiger partial charge in [-0.2, -0.15) is 0 Å². The molecule has 4 heterocycles. The number of likely N-dealkylation sites (tertiary alicyclic amines) is 1. The van der Waals surface area contributed by atoms with Gasteiger partial charge in [-0.1, -0.05) is 0 Å². The first-order chi connectivity index (χ1) is 13.9. The van der Waals surface area contributed by atoms with E-state index < -0.39 is 0 Å². The van der Waals surface area contributed by atoms with Crippen LogP contribution < -0.4 is 10.9 Å². The lowest BCUT2D eigenvalue weighted by atomic mass is 10.1. The SMILES string of the molecule is CC(=O)Nc1cc(-c2cn(C)c(=O)c3cc(CN4CCC[C@H](O)C4)oc23)ccn1. The molecule has 2 N–H and O–H groups in total. The zero-order valence-electron chi connectivity index (χ0n) is 16.5. The van der Waals surface area contributed by atoms with Crippen molar-refractivity contribution < 1.29 is 14.3 Å². The van der Waals surface area contributed by atoms with Crippen molar-refractivity contribution >= 4 is 22.7 Å². The number of β-amino-alcohol motifs (C(OH)–C–C–N with tert-alkyl or cyclic N) is 1. The van der Waals surface area contributed by atoms with Crippen molar-refractivity contribution in [2.45, 2.75) is 32.4 Å². The predicted octanol–water partition coefficient (Wildman–Crippen LogP) is 2.11. The third kappa shape index (κ3) is 4.08. The maximum atomic E-state index is 12.7. The number of rotatable bonds is 4. The Bertz CT molecular complexity index is 1120. The summed E-state index contributed by atoms with van der Waals surface area (Å²) in [5, 5.41) is 13.1. The van der Waals surface area contributed by atoms with Crippen LogP contribution in [0.15, 0.2) is 39.8 Å². The molecule has 1 fully saturated rings. The fourth-order valence-electron chi connectivity index (χ4n) is 3.83. The van der Waals surface area contributed by atoms with E-state index in [1.165, 1.54) is 11.5 Å². The number of pyridine rings is 2. The number of hydrogen-bond donors (Lipinski definition) is 2. The predicted molar refractivity (Wildman–Crippen MR) is 110 cm³/mol. The average Bonchev–Trinajstić information content (AvgIpc) is 3.08. The van der Waals surface area contributed by atoms with Gasteiger partial charge in [0.25, 0.3) is 5.56 Å². The first kappa shape index (κ1) is 19.4. The number of hydrogen-bond acceptors (Lipinski definition) is 6. The molecule has 4 rings (SSSR count). The zero-order chi connectivity index (χ0) is 20.5. The number of aryl methyl sites for hydroxylation is 1. The Balaban J connectivity index is 1.75. The molecule has 1 aliphatic heterocycles. The molecule has 3 aromatic rings. The highest BCUT2D eigenvalue weighted by molar-refractivity contribution is 5.93. The minimum atomic E-state index is -0.319. The molecule has 8 heteroatoms. The number of fused-ring (bicyclic) bond motifs is 1. The molecule has 0 aliphatic carbocycles.